The molecule has 0 unspecified atom stereocenters. The van der Waals surface area contributed by atoms with Crippen molar-refractivity contribution in [2.45, 2.75) is 26.2 Å². The zero-order valence-electron chi connectivity index (χ0n) is 13.6. The van der Waals surface area contributed by atoms with E-state index in [1.165, 1.54) is 0 Å². The number of nitrogens with zero attached hydrogens (tertiary/aromatic N) is 4. The Hall–Kier alpha value is -2.16. The van der Waals surface area contributed by atoms with Gasteiger partial charge in [-0.2, -0.15) is 9.97 Å². The molecule has 0 spiro atoms. The first-order valence-corrected chi connectivity index (χ1v) is 7.82. The minimum atomic E-state index is -0.501. The molecule has 0 amide bonds. The topological polar surface area (TPSA) is 119 Å². The molecule has 2 rings (SSSR count). The Morgan fingerprint density at radius 1 is 1.52 bits per heavy atom. The highest BCUT2D eigenvalue weighted by atomic mass is 16.6. The molecule has 1 aliphatic heterocycles. The second-order valence-corrected chi connectivity index (χ2v) is 5.83. The summed E-state index contributed by atoms with van der Waals surface area (Å²) in [6.45, 7) is 4.84. The van der Waals surface area contributed by atoms with Crippen molar-refractivity contribution in [1.82, 2.24) is 9.97 Å². The number of nitro groups is 1. The number of aromatic nitrogens is 2. The summed E-state index contributed by atoms with van der Waals surface area (Å²) in [5.41, 5.74) is 5.60. The van der Waals surface area contributed by atoms with Crippen LogP contribution in [0.4, 0.5) is 23.3 Å². The van der Waals surface area contributed by atoms with Crippen LogP contribution in [-0.4, -0.2) is 48.2 Å². The van der Waals surface area contributed by atoms with Crippen molar-refractivity contribution < 1.29 is 9.66 Å². The first kappa shape index (κ1) is 17.2. The molecule has 128 valence electrons. The molecule has 3 N–H and O–H groups in total. The Bertz CT molecular complexity index is 554. The summed E-state index contributed by atoms with van der Waals surface area (Å²) in [5, 5.41) is 14.4. The highest BCUT2D eigenvalue weighted by molar-refractivity contribution is 5.71. The molecule has 1 aliphatic rings. The van der Waals surface area contributed by atoms with Gasteiger partial charge in [-0.3, -0.25) is 10.1 Å². The van der Waals surface area contributed by atoms with Gasteiger partial charge in [0.15, 0.2) is 0 Å². The first-order valence-electron chi connectivity index (χ1n) is 7.82. The fourth-order valence-corrected chi connectivity index (χ4v) is 2.73. The van der Waals surface area contributed by atoms with Crippen LogP contribution in [0.2, 0.25) is 0 Å². The summed E-state index contributed by atoms with van der Waals surface area (Å²) in [4.78, 5) is 21.2. The number of nitrogen functional groups attached to an aromatic ring is 1. The van der Waals surface area contributed by atoms with Crippen LogP contribution in [-0.2, 0) is 4.74 Å². The lowest BCUT2D eigenvalue weighted by molar-refractivity contribution is -0.383. The molecule has 1 aromatic rings. The molecule has 1 saturated heterocycles. The number of hydrogen-bond donors (Lipinski definition) is 2. The van der Waals surface area contributed by atoms with Gasteiger partial charge in [-0.15, -0.1) is 0 Å². The van der Waals surface area contributed by atoms with E-state index in [0.29, 0.717) is 30.8 Å². The number of nitrogens with one attached hydrogen (secondary N) is 1. The third kappa shape index (κ3) is 4.41. The molecule has 9 heteroatoms. The van der Waals surface area contributed by atoms with Crippen molar-refractivity contribution in [2.75, 3.05) is 49.3 Å². The zero-order valence-corrected chi connectivity index (χ0v) is 13.6. The van der Waals surface area contributed by atoms with Gasteiger partial charge in [-0.1, -0.05) is 6.92 Å². The molecule has 0 saturated carbocycles. The standard InChI is InChI=1S/C14H24N6O3/c1-10-5-3-7-19(9-10)13-11(20(21)22)12(15)17-14(18-13)16-6-4-8-23-2/h10H,3-9H2,1-2H3,(H3,15,16,17,18)/t10-/m0/s1. The van der Waals surface area contributed by atoms with Gasteiger partial charge < -0.3 is 20.7 Å². The maximum atomic E-state index is 11.4. The Balaban J connectivity index is 2.25. The van der Waals surface area contributed by atoms with Crippen LogP contribution in [0.3, 0.4) is 0 Å². The van der Waals surface area contributed by atoms with Gasteiger partial charge in [-0.05, 0) is 25.2 Å². The fraction of sp³-hybridized carbons (Fsp3) is 0.714. The summed E-state index contributed by atoms with van der Waals surface area (Å²) in [5.74, 6) is 0.992. The predicted molar refractivity (Wildman–Crippen MR) is 88.7 cm³/mol. The molecule has 1 fully saturated rings. The van der Waals surface area contributed by atoms with Gasteiger partial charge in [0.05, 0.1) is 4.92 Å². The van der Waals surface area contributed by atoms with E-state index in [2.05, 4.69) is 22.2 Å². The third-order valence-electron chi connectivity index (χ3n) is 3.84. The third-order valence-corrected chi connectivity index (χ3v) is 3.84. The number of rotatable bonds is 7. The SMILES string of the molecule is COCCCNc1nc(N)c([N+](=O)[O-])c(N2CCC[C@H](C)C2)n1. The van der Waals surface area contributed by atoms with E-state index in [4.69, 9.17) is 10.5 Å². The van der Waals surface area contributed by atoms with Crippen LogP contribution < -0.4 is 16.0 Å². The minimum absolute atomic E-state index is 0.104. The lowest BCUT2D eigenvalue weighted by atomic mass is 10.0. The highest BCUT2D eigenvalue weighted by Crippen LogP contribution is 2.34. The molecule has 1 aromatic heterocycles. The van der Waals surface area contributed by atoms with Crippen molar-refractivity contribution in [3.8, 4) is 0 Å². The number of methoxy groups -OCH3 is 1. The first-order chi connectivity index (χ1) is 11.0. The molecule has 1 atom stereocenters. The normalized spacial score (nSPS) is 18.0. The fourth-order valence-electron chi connectivity index (χ4n) is 2.73. The van der Waals surface area contributed by atoms with E-state index in [1.807, 2.05) is 4.90 Å². The quantitative estimate of drug-likeness (QED) is 0.441. The zero-order chi connectivity index (χ0) is 16.8. The van der Waals surface area contributed by atoms with Crippen molar-refractivity contribution in [3.63, 3.8) is 0 Å². The van der Waals surface area contributed by atoms with E-state index >= 15 is 0 Å². The van der Waals surface area contributed by atoms with E-state index in [-0.39, 0.29) is 11.5 Å². The molecule has 9 nitrogen and oxygen atoms in total. The van der Waals surface area contributed by atoms with Gasteiger partial charge in [0.2, 0.25) is 17.6 Å². The summed E-state index contributed by atoms with van der Waals surface area (Å²) >= 11 is 0. The second kappa shape index (κ2) is 7.91. The molecular formula is C14H24N6O3. The van der Waals surface area contributed by atoms with Crippen LogP contribution in [0.1, 0.15) is 26.2 Å². The minimum Gasteiger partial charge on any atom is -0.385 e. The smallest absolute Gasteiger partial charge is 0.353 e. The van der Waals surface area contributed by atoms with Crippen molar-refractivity contribution in [3.05, 3.63) is 10.1 Å². The van der Waals surface area contributed by atoms with Crippen LogP contribution in [0.25, 0.3) is 0 Å². The summed E-state index contributed by atoms with van der Waals surface area (Å²) in [7, 11) is 1.63. The lowest BCUT2D eigenvalue weighted by Crippen LogP contribution is -2.35. The number of nitrogens with two attached hydrogens (primary N) is 1. The molecule has 0 radical (unpaired) electrons. The Morgan fingerprint density at radius 2 is 2.30 bits per heavy atom. The maximum absolute atomic E-state index is 11.4. The van der Waals surface area contributed by atoms with Crippen LogP contribution in [0, 0.1) is 16.0 Å². The highest BCUT2D eigenvalue weighted by Gasteiger charge is 2.29. The molecule has 0 aromatic carbocycles. The van der Waals surface area contributed by atoms with Crippen molar-refractivity contribution >= 4 is 23.3 Å². The van der Waals surface area contributed by atoms with E-state index in [0.717, 1.165) is 32.4 Å². The second-order valence-electron chi connectivity index (χ2n) is 5.83. The Kier molecular flexibility index (Phi) is 5.91. The Morgan fingerprint density at radius 3 is 2.96 bits per heavy atom. The number of anilines is 3. The van der Waals surface area contributed by atoms with Crippen LogP contribution in [0.15, 0.2) is 0 Å². The largest absolute Gasteiger partial charge is 0.385 e. The van der Waals surface area contributed by atoms with E-state index in [9.17, 15) is 10.1 Å². The average Bonchev–Trinajstić information content (AvgIpc) is 2.50. The van der Waals surface area contributed by atoms with Gasteiger partial charge in [0.1, 0.15) is 0 Å². The molecule has 0 aliphatic carbocycles. The van der Waals surface area contributed by atoms with Gasteiger partial charge in [0.25, 0.3) is 0 Å². The molecule has 0 bridgehead atoms. The predicted octanol–water partition coefficient (Wildman–Crippen LogP) is 1.65. The van der Waals surface area contributed by atoms with Crippen molar-refractivity contribution in [2.24, 2.45) is 5.92 Å². The number of hydrogen-bond acceptors (Lipinski definition) is 8. The van der Waals surface area contributed by atoms with E-state index < -0.39 is 4.92 Å². The number of piperidine rings is 1. The molecular weight excluding hydrogens is 300 g/mol. The molecule has 2 heterocycles. The van der Waals surface area contributed by atoms with Crippen LogP contribution in [0.5, 0.6) is 0 Å². The summed E-state index contributed by atoms with van der Waals surface area (Å²) < 4.78 is 4.98. The van der Waals surface area contributed by atoms with Gasteiger partial charge >= 0.3 is 5.69 Å². The summed E-state index contributed by atoms with van der Waals surface area (Å²) in [6.07, 6.45) is 2.89. The monoisotopic (exact) mass is 324 g/mol. The lowest BCUT2D eigenvalue weighted by Gasteiger charge is -2.31. The van der Waals surface area contributed by atoms with Gasteiger partial charge in [0, 0.05) is 33.4 Å². The van der Waals surface area contributed by atoms with Crippen LogP contribution >= 0.6 is 0 Å². The van der Waals surface area contributed by atoms with Gasteiger partial charge in [-0.25, -0.2) is 0 Å². The average molecular weight is 324 g/mol. The maximum Gasteiger partial charge on any atom is 0.353 e. The van der Waals surface area contributed by atoms with Crippen molar-refractivity contribution in [1.29, 1.82) is 0 Å². The van der Waals surface area contributed by atoms with E-state index in [1.54, 1.807) is 7.11 Å². The Labute approximate surface area is 135 Å². The molecule has 23 heavy (non-hydrogen) atoms. The summed E-state index contributed by atoms with van der Waals surface area (Å²) in [6, 6.07) is 0. The number of ether oxygens (including phenoxy) is 1.